The SMILES string of the molecule is COc1ccc(S[C@H](C)C(=O)NNc2ncccn2)cc1. The van der Waals surface area contributed by atoms with E-state index in [1.807, 2.05) is 31.2 Å². The van der Waals surface area contributed by atoms with Gasteiger partial charge in [-0.15, -0.1) is 11.8 Å². The summed E-state index contributed by atoms with van der Waals surface area (Å²) < 4.78 is 5.10. The van der Waals surface area contributed by atoms with Crippen molar-refractivity contribution in [2.75, 3.05) is 12.5 Å². The monoisotopic (exact) mass is 304 g/mol. The molecule has 2 rings (SSSR count). The first-order valence-electron chi connectivity index (χ1n) is 6.32. The molecule has 0 unspecified atom stereocenters. The first kappa shape index (κ1) is 15.1. The Balaban J connectivity index is 1.84. The van der Waals surface area contributed by atoms with Gasteiger partial charge in [0.1, 0.15) is 5.75 Å². The number of anilines is 1. The summed E-state index contributed by atoms with van der Waals surface area (Å²) in [7, 11) is 1.62. The number of thioether (sulfide) groups is 1. The zero-order valence-electron chi connectivity index (χ0n) is 11.7. The molecule has 0 bridgehead atoms. The number of nitrogens with one attached hydrogen (secondary N) is 2. The van der Waals surface area contributed by atoms with Crippen molar-refractivity contribution in [2.24, 2.45) is 0 Å². The lowest BCUT2D eigenvalue weighted by Gasteiger charge is -2.12. The van der Waals surface area contributed by atoms with Crippen LogP contribution in [0.15, 0.2) is 47.6 Å². The molecule has 6 nitrogen and oxygen atoms in total. The maximum Gasteiger partial charge on any atom is 0.251 e. The molecule has 1 aromatic carbocycles. The molecule has 0 spiro atoms. The predicted molar refractivity (Wildman–Crippen MR) is 82.1 cm³/mol. The summed E-state index contributed by atoms with van der Waals surface area (Å²) in [5, 5.41) is -0.255. The van der Waals surface area contributed by atoms with Crippen LogP contribution in [0.1, 0.15) is 6.92 Å². The average Bonchev–Trinajstić information content (AvgIpc) is 2.54. The maximum atomic E-state index is 12.0. The van der Waals surface area contributed by atoms with E-state index in [4.69, 9.17) is 4.74 Å². The van der Waals surface area contributed by atoms with Crippen LogP contribution < -0.4 is 15.6 Å². The van der Waals surface area contributed by atoms with Crippen molar-refractivity contribution < 1.29 is 9.53 Å². The smallest absolute Gasteiger partial charge is 0.251 e. The van der Waals surface area contributed by atoms with Crippen LogP contribution >= 0.6 is 11.8 Å². The molecule has 1 heterocycles. The number of nitrogens with zero attached hydrogens (tertiary/aromatic N) is 2. The second-order valence-corrected chi connectivity index (χ2v) is 5.54. The molecule has 0 saturated heterocycles. The van der Waals surface area contributed by atoms with E-state index in [1.165, 1.54) is 11.8 Å². The standard InChI is InChI=1S/C14H16N4O2S/c1-10(21-12-6-4-11(20-2)5-7-12)13(19)17-18-14-15-8-3-9-16-14/h3-10H,1-2H3,(H,17,19)(H,15,16,18)/t10-/m1/s1. The lowest BCUT2D eigenvalue weighted by molar-refractivity contribution is -0.119. The molecule has 1 amide bonds. The van der Waals surface area contributed by atoms with Crippen LogP contribution in [-0.4, -0.2) is 28.2 Å². The molecule has 0 fully saturated rings. The molecule has 0 saturated carbocycles. The predicted octanol–water partition coefficient (Wildman–Crippen LogP) is 2.11. The number of ether oxygens (including phenoxy) is 1. The largest absolute Gasteiger partial charge is 0.497 e. The molecule has 21 heavy (non-hydrogen) atoms. The number of hydrazine groups is 1. The fraction of sp³-hybridized carbons (Fsp3) is 0.214. The highest BCUT2D eigenvalue weighted by Gasteiger charge is 2.14. The number of benzene rings is 1. The number of methoxy groups -OCH3 is 1. The van der Waals surface area contributed by atoms with E-state index in [0.717, 1.165) is 10.6 Å². The number of amides is 1. The fourth-order valence-electron chi connectivity index (χ4n) is 1.49. The van der Waals surface area contributed by atoms with Gasteiger partial charge >= 0.3 is 0 Å². The average molecular weight is 304 g/mol. The molecule has 1 aromatic heterocycles. The molecule has 0 radical (unpaired) electrons. The molecule has 0 aliphatic carbocycles. The van der Waals surface area contributed by atoms with Crippen molar-refractivity contribution >= 4 is 23.6 Å². The van der Waals surface area contributed by atoms with E-state index in [-0.39, 0.29) is 11.2 Å². The topological polar surface area (TPSA) is 76.1 Å². The number of rotatable bonds is 6. The van der Waals surface area contributed by atoms with E-state index in [9.17, 15) is 4.79 Å². The van der Waals surface area contributed by atoms with Gasteiger partial charge in [0.25, 0.3) is 5.91 Å². The quantitative estimate of drug-likeness (QED) is 0.629. The highest BCUT2D eigenvalue weighted by atomic mass is 32.2. The van der Waals surface area contributed by atoms with Gasteiger partial charge in [-0.25, -0.2) is 9.97 Å². The minimum absolute atomic E-state index is 0.150. The molecule has 2 N–H and O–H groups in total. The van der Waals surface area contributed by atoms with Crippen molar-refractivity contribution in [1.82, 2.24) is 15.4 Å². The highest BCUT2D eigenvalue weighted by Crippen LogP contribution is 2.25. The number of hydrogen-bond donors (Lipinski definition) is 2. The number of hydrogen-bond acceptors (Lipinski definition) is 6. The molecular weight excluding hydrogens is 288 g/mol. The highest BCUT2D eigenvalue weighted by molar-refractivity contribution is 8.00. The van der Waals surface area contributed by atoms with Gasteiger partial charge < -0.3 is 4.74 Å². The maximum absolute atomic E-state index is 12.0. The van der Waals surface area contributed by atoms with Crippen LogP contribution in [0, 0.1) is 0 Å². The van der Waals surface area contributed by atoms with E-state index in [2.05, 4.69) is 20.8 Å². The second kappa shape index (κ2) is 7.49. The van der Waals surface area contributed by atoms with Gasteiger partial charge in [0.05, 0.1) is 12.4 Å². The zero-order valence-corrected chi connectivity index (χ0v) is 12.6. The third kappa shape index (κ3) is 4.64. The Labute approximate surface area is 127 Å². The molecule has 1 atom stereocenters. The Hall–Kier alpha value is -2.28. The van der Waals surface area contributed by atoms with Crippen LogP contribution in [0.3, 0.4) is 0 Å². The summed E-state index contributed by atoms with van der Waals surface area (Å²) >= 11 is 1.46. The zero-order chi connectivity index (χ0) is 15.1. The Morgan fingerprint density at radius 2 is 1.90 bits per heavy atom. The Morgan fingerprint density at radius 1 is 1.24 bits per heavy atom. The van der Waals surface area contributed by atoms with Gasteiger partial charge in [-0.2, -0.15) is 0 Å². The third-order valence-electron chi connectivity index (χ3n) is 2.60. The lowest BCUT2D eigenvalue weighted by atomic mass is 10.3. The molecule has 7 heteroatoms. The van der Waals surface area contributed by atoms with E-state index in [1.54, 1.807) is 25.6 Å². The van der Waals surface area contributed by atoms with Gasteiger partial charge in [0, 0.05) is 17.3 Å². The molecule has 0 aliphatic heterocycles. The van der Waals surface area contributed by atoms with Crippen LogP contribution in [0.25, 0.3) is 0 Å². The minimum atomic E-state index is -0.255. The summed E-state index contributed by atoms with van der Waals surface area (Å²) in [5.74, 6) is 0.995. The molecule has 2 aromatic rings. The summed E-state index contributed by atoms with van der Waals surface area (Å²) in [6.07, 6.45) is 3.19. The van der Waals surface area contributed by atoms with Gasteiger partial charge in [-0.3, -0.25) is 15.6 Å². The summed E-state index contributed by atoms with van der Waals surface area (Å²) in [4.78, 5) is 20.9. The van der Waals surface area contributed by atoms with Crippen molar-refractivity contribution in [3.05, 3.63) is 42.7 Å². The lowest BCUT2D eigenvalue weighted by Crippen LogP contribution is -2.35. The van der Waals surface area contributed by atoms with E-state index >= 15 is 0 Å². The van der Waals surface area contributed by atoms with Gasteiger partial charge in [-0.1, -0.05) is 0 Å². The van der Waals surface area contributed by atoms with Crippen molar-refractivity contribution in [2.45, 2.75) is 17.1 Å². The Kier molecular flexibility index (Phi) is 5.39. The first-order chi connectivity index (χ1) is 10.2. The minimum Gasteiger partial charge on any atom is -0.497 e. The number of aromatic nitrogens is 2. The van der Waals surface area contributed by atoms with Gasteiger partial charge in [0.2, 0.25) is 5.95 Å². The molecule has 110 valence electrons. The number of carbonyl (C=O) groups excluding carboxylic acids is 1. The van der Waals surface area contributed by atoms with Crippen molar-refractivity contribution in [3.63, 3.8) is 0 Å². The van der Waals surface area contributed by atoms with Crippen molar-refractivity contribution in [1.29, 1.82) is 0 Å². The van der Waals surface area contributed by atoms with E-state index < -0.39 is 0 Å². The van der Waals surface area contributed by atoms with Crippen LogP contribution in [0.2, 0.25) is 0 Å². The second-order valence-electron chi connectivity index (χ2n) is 4.12. The normalized spacial score (nSPS) is 11.5. The summed E-state index contributed by atoms with van der Waals surface area (Å²) in [6.45, 7) is 1.83. The Bertz CT molecular complexity index is 577. The van der Waals surface area contributed by atoms with Gasteiger partial charge in [-0.05, 0) is 37.3 Å². The molecule has 0 aliphatic rings. The Morgan fingerprint density at radius 3 is 2.52 bits per heavy atom. The summed E-state index contributed by atoms with van der Waals surface area (Å²) in [5.41, 5.74) is 5.26. The van der Waals surface area contributed by atoms with Crippen LogP contribution in [0.5, 0.6) is 5.75 Å². The number of carbonyl (C=O) groups is 1. The van der Waals surface area contributed by atoms with Crippen LogP contribution in [-0.2, 0) is 4.79 Å². The van der Waals surface area contributed by atoms with Gasteiger partial charge in [0.15, 0.2) is 0 Å². The van der Waals surface area contributed by atoms with Crippen LogP contribution in [0.4, 0.5) is 5.95 Å². The van der Waals surface area contributed by atoms with Crippen molar-refractivity contribution in [3.8, 4) is 5.75 Å². The third-order valence-corrected chi connectivity index (χ3v) is 3.72. The van der Waals surface area contributed by atoms with E-state index in [0.29, 0.717) is 5.95 Å². The molecular formula is C14H16N4O2S. The first-order valence-corrected chi connectivity index (χ1v) is 7.20. The summed E-state index contributed by atoms with van der Waals surface area (Å²) in [6, 6.07) is 9.27. The fourth-order valence-corrected chi connectivity index (χ4v) is 2.36.